The molecular formula is C13H9BrClN3O2S. The van der Waals surface area contributed by atoms with E-state index in [4.69, 9.17) is 22.6 Å². The van der Waals surface area contributed by atoms with Gasteiger partial charge in [0, 0.05) is 10.2 Å². The predicted octanol–water partition coefficient (Wildman–Crippen LogP) is 3.36. The van der Waals surface area contributed by atoms with Crippen LogP contribution in [0.3, 0.4) is 0 Å². The average molecular weight is 387 g/mol. The van der Waals surface area contributed by atoms with Crippen LogP contribution in [0.15, 0.2) is 45.8 Å². The van der Waals surface area contributed by atoms with Crippen molar-refractivity contribution in [3.8, 4) is 6.07 Å². The zero-order chi connectivity index (χ0) is 15.6. The number of sulfonamides is 1. The lowest BCUT2D eigenvalue weighted by Crippen LogP contribution is -2.14. The maximum absolute atomic E-state index is 12.3. The molecule has 0 heterocycles. The predicted molar refractivity (Wildman–Crippen MR) is 85.5 cm³/mol. The highest BCUT2D eigenvalue weighted by atomic mass is 79.9. The third kappa shape index (κ3) is 3.47. The van der Waals surface area contributed by atoms with E-state index in [1.54, 1.807) is 6.07 Å². The van der Waals surface area contributed by atoms with Gasteiger partial charge in [0.2, 0.25) is 0 Å². The summed E-state index contributed by atoms with van der Waals surface area (Å²) in [5, 5.41) is 9.49. The van der Waals surface area contributed by atoms with E-state index >= 15 is 0 Å². The molecule has 0 spiro atoms. The van der Waals surface area contributed by atoms with Crippen molar-refractivity contribution in [2.75, 3.05) is 10.5 Å². The minimum atomic E-state index is -3.89. The number of nitrogens with zero attached hydrogens (tertiary/aromatic N) is 1. The molecule has 21 heavy (non-hydrogen) atoms. The largest absolute Gasteiger partial charge is 0.399 e. The summed E-state index contributed by atoms with van der Waals surface area (Å²) in [4.78, 5) is -0.134. The number of hydrogen-bond acceptors (Lipinski definition) is 4. The van der Waals surface area contributed by atoms with Crippen LogP contribution < -0.4 is 10.5 Å². The van der Waals surface area contributed by atoms with Gasteiger partial charge in [-0.05, 0) is 52.3 Å². The fourth-order valence-corrected chi connectivity index (χ4v) is 3.32. The highest BCUT2D eigenvalue weighted by molar-refractivity contribution is 9.10. The molecule has 2 aromatic carbocycles. The molecular weight excluding hydrogens is 378 g/mol. The number of nitriles is 1. The molecule has 2 rings (SSSR count). The summed E-state index contributed by atoms with van der Waals surface area (Å²) in [6.07, 6.45) is 0. The highest BCUT2D eigenvalue weighted by Gasteiger charge is 2.19. The maximum atomic E-state index is 12.3. The molecule has 0 bridgehead atoms. The first-order chi connectivity index (χ1) is 9.83. The van der Waals surface area contributed by atoms with Crippen LogP contribution in [0.1, 0.15) is 5.56 Å². The van der Waals surface area contributed by atoms with Crippen molar-refractivity contribution >= 4 is 48.9 Å². The van der Waals surface area contributed by atoms with E-state index in [2.05, 4.69) is 20.7 Å². The molecule has 0 aliphatic heterocycles. The van der Waals surface area contributed by atoms with E-state index in [0.29, 0.717) is 20.9 Å². The summed E-state index contributed by atoms with van der Waals surface area (Å²) in [5.74, 6) is 0. The highest BCUT2D eigenvalue weighted by Crippen LogP contribution is 2.27. The fraction of sp³-hybridized carbons (Fsp3) is 0. The third-order valence-corrected chi connectivity index (χ3v) is 5.24. The fourth-order valence-electron chi connectivity index (χ4n) is 1.64. The topological polar surface area (TPSA) is 96.0 Å². The van der Waals surface area contributed by atoms with Gasteiger partial charge in [0.05, 0.1) is 16.3 Å². The van der Waals surface area contributed by atoms with E-state index in [-0.39, 0.29) is 10.5 Å². The van der Waals surface area contributed by atoms with Crippen molar-refractivity contribution in [2.45, 2.75) is 4.90 Å². The van der Waals surface area contributed by atoms with Crippen LogP contribution in [-0.2, 0) is 10.0 Å². The van der Waals surface area contributed by atoms with Gasteiger partial charge in [-0.1, -0.05) is 11.6 Å². The molecule has 0 fully saturated rings. The van der Waals surface area contributed by atoms with E-state index in [1.807, 2.05) is 6.07 Å². The smallest absolute Gasteiger partial charge is 0.263 e. The van der Waals surface area contributed by atoms with E-state index in [0.717, 1.165) is 0 Å². The van der Waals surface area contributed by atoms with Crippen molar-refractivity contribution in [1.29, 1.82) is 5.26 Å². The van der Waals surface area contributed by atoms with Crippen molar-refractivity contribution in [3.63, 3.8) is 0 Å². The summed E-state index contributed by atoms with van der Waals surface area (Å²) in [5.41, 5.74) is 6.18. The van der Waals surface area contributed by atoms with Gasteiger partial charge in [-0.15, -0.1) is 0 Å². The Hall–Kier alpha value is -1.75. The number of nitrogens with two attached hydrogens (primary N) is 1. The van der Waals surface area contributed by atoms with Crippen LogP contribution in [0, 0.1) is 11.3 Å². The molecule has 2 aromatic rings. The normalized spacial score (nSPS) is 10.9. The monoisotopic (exact) mass is 385 g/mol. The molecule has 5 nitrogen and oxygen atoms in total. The Morgan fingerprint density at radius 1 is 1.24 bits per heavy atom. The molecule has 8 heteroatoms. The van der Waals surface area contributed by atoms with E-state index in [9.17, 15) is 8.42 Å². The number of anilines is 2. The van der Waals surface area contributed by atoms with Gasteiger partial charge in [0.15, 0.2) is 0 Å². The Balaban J connectivity index is 2.43. The Morgan fingerprint density at radius 2 is 1.95 bits per heavy atom. The second kappa shape index (κ2) is 5.93. The van der Waals surface area contributed by atoms with Crippen LogP contribution in [0.5, 0.6) is 0 Å². The summed E-state index contributed by atoms with van der Waals surface area (Å²) in [6, 6.07) is 10.5. The zero-order valence-corrected chi connectivity index (χ0v) is 13.6. The number of hydrogen-bond donors (Lipinski definition) is 2. The summed E-state index contributed by atoms with van der Waals surface area (Å²) in [6.45, 7) is 0. The Bertz CT molecular complexity index is 847. The molecule has 0 atom stereocenters. The Morgan fingerprint density at radius 3 is 2.57 bits per heavy atom. The first kappa shape index (κ1) is 15.6. The number of halogens is 2. The van der Waals surface area contributed by atoms with Gasteiger partial charge in [-0.25, -0.2) is 8.42 Å². The molecule has 0 saturated carbocycles. The summed E-state index contributed by atoms with van der Waals surface area (Å²) >= 11 is 9.06. The molecule has 0 aliphatic rings. The van der Waals surface area contributed by atoms with Crippen molar-refractivity contribution in [2.24, 2.45) is 0 Å². The van der Waals surface area contributed by atoms with E-state index < -0.39 is 10.0 Å². The van der Waals surface area contributed by atoms with Gasteiger partial charge in [0.1, 0.15) is 11.0 Å². The van der Waals surface area contributed by atoms with Crippen molar-refractivity contribution < 1.29 is 8.42 Å². The SMILES string of the molecule is N#Cc1cc(N)ccc1S(=O)(=O)Nc1ccc(Cl)c(Br)c1. The van der Waals surface area contributed by atoms with E-state index in [1.165, 1.54) is 30.3 Å². The summed E-state index contributed by atoms with van der Waals surface area (Å²) < 4.78 is 27.6. The molecule has 0 saturated heterocycles. The molecule has 108 valence electrons. The number of nitrogen functional groups attached to an aromatic ring is 1. The minimum absolute atomic E-state index is 0.0180. The first-order valence-electron chi connectivity index (χ1n) is 5.61. The first-order valence-corrected chi connectivity index (χ1v) is 8.26. The van der Waals surface area contributed by atoms with Gasteiger partial charge < -0.3 is 5.73 Å². The Kier molecular flexibility index (Phi) is 4.42. The standard InChI is InChI=1S/C13H9BrClN3O2S/c14-11-6-10(2-3-12(11)15)18-21(19,20)13-4-1-9(17)5-8(13)7-16/h1-6,18H,17H2. The second-order valence-electron chi connectivity index (χ2n) is 4.10. The van der Waals surface area contributed by atoms with Crippen molar-refractivity contribution in [1.82, 2.24) is 0 Å². The molecule has 3 N–H and O–H groups in total. The number of rotatable bonds is 3. The quantitative estimate of drug-likeness (QED) is 0.791. The van der Waals surface area contributed by atoms with Crippen LogP contribution in [0.4, 0.5) is 11.4 Å². The number of benzene rings is 2. The minimum Gasteiger partial charge on any atom is -0.399 e. The molecule has 0 aliphatic carbocycles. The van der Waals surface area contributed by atoms with Gasteiger partial charge in [-0.3, -0.25) is 4.72 Å². The van der Waals surface area contributed by atoms with Gasteiger partial charge >= 0.3 is 0 Å². The lowest BCUT2D eigenvalue weighted by Gasteiger charge is -2.10. The number of nitrogens with one attached hydrogen (secondary N) is 1. The Labute approximate surface area is 135 Å². The average Bonchev–Trinajstić information content (AvgIpc) is 2.42. The van der Waals surface area contributed by atoms with Crippen molar-refractivity contribution in [3.05, 3.63) is 51.5 Å². The van der Waals surface area contributed by atoms with Crippen LogP contribution in [-0.4, -0.2) is 8.42 Å². The van der Waals surface area contributed by atoms with Gasteiger partial charge in [0.25, 0.3) is 10.0 Å². The third-order valence-electron chi connectivity index (χ3n) is 2.59. The second-order valence-corrected chi connectivity index (χ2v) is 7.01. The molecule has 0 amide bonds. The molecule has 0 aromatic heterocycles. The van der Waals surface area contributed by atoms with Crippen LogP contribution in [0.25, 0.3) is 0 Å². The van der Waals surface area contributed by atoms with Gasteiger partial charge in [-0.2, -0.15) is 5.26 Å². The van der Waals surface area contributed by atoms with Crippen LogP contribution >= 0.6 is 27.5 Å². The van der Waals surface area contributed by atoms with Crippen LogP contribution in [0.2, 0.25) is 5.02 Å². The summed E-state index contributed by atoms with van der Waals surface area (Å²) in [7, 11) is -3.89. The molecule has 0 radical (unpaired) electrons. The maximum Gasteiger partial charge on any atom is 0.263 e. The lowest BCUT2D eigenvalue weighted by molar-refractivity contribution is 0.601. The molecule has 0 unspecified atom stereocenters. The lowest BCUT2D eigenvalue weighted by atomic mass is 10.2. The zero-order valence-electron chi connectivity index (χ0n) is 10.5.